The third-order valence-electron chi connectivity index (χ3n) is 4.85. The fraction of sp³-hybridized carbons (Fsp3) is 0.812. The van der Waals surface area contributed by atoms with E-state index < -0.39 is 5.79 Å². The topological polar surface area (TPSA) is 44.8 Å². The van der Waals surface area contributed by atoms with Gasteiger partial charge in [-0.25, -0.2) is 4.79 Å². The molecule has 0 amide bonds. The molecule has 2 aliphatic heterocycles. The summed E-state index contributed by atoms with van der Waals surface area (Å²) in [5.74, 6) is 0.360. The van der Waals surface area contributed by atoms with Crippen LogP contribution in [0.3, 0.4) is 0 Å². The van der Waals surface area contributed by atoms with Gasteiger partial charge in [-0.1, -0.05) is 13.3 Å². The number of carbonyl (C=O) groups excluding carboxylic acids is 1. The smallest absolute Gasteiger partial charge is 0.344 e. The molecular weight excluding hydrogens is 256 g/mol. The van der Waals surface area contributed by atoms with Crippen LogP contribution in [0.25, 0.3) is 0 Å². The molecule has 112 valence electrons. The third-order valence-corrected chi connectivity index (χ3v) is 4.85. The normalized spacial score (nSPS) is 38.0. The van der Waals surface area contributed by atoms with Gasteiger partial charge < -0.3 is 14.2 Å². The number of hydrogen-bond acceptors (Lipinski definition) is 4. The van der Waals surface area contributed by atoms with Crippen LogP contribution in [0.4, 0.5) is 0 Å². The van der Waals surface area contributed by atoms with Crippen LogP contribution in [0, 0.1) is 17.8 Å². The molecule has 3 aliphatic rings. The Morgan fingerprint density at radius 1 is 1.05 bits per heavy atom. The lowest BCUT2D eigenvalue weighted by Crippen LogP contribution is -2.51. The number of esters is 1. The monoisotopic (exact) mass is 280 g/mol. The maximum atomic E-state index is 12.4. The Hall–Kier alpha value is -1.19. The molecule has 0 aromatic heterocycles. The molecule has 3 atom stereocenters. The van der Waals surface area contributed by atoms with Crippen molar-refractivity contribution >= 4 is 5.97 Å². The van der Waals surface area contributed by atoms with Gasteiger partial charge >= 0.3 is 5.97 Å². The molecule has 4 heteroatoms. The molecule has 0 radical (unpaired) electrons. The average molecular weight is 280 g/mol. The van der Waals surface area contributed by atoms with Crippen LogP contribution in [0.2, 0.25) is 0 Å². The van der Waals surface area contributed by atoms with Gasteiger partial charge in [0.15, 0.2) is 0 Å². The van der Waals surface area contributed by atoms with Gasteiger partial charge in [-0.3, -0.25) is 0 Å². The summed E-state index contributed by atoms with van der Waals surface area (Å²) in [5.41, 5.74) is 0.331. The molecule has 0 aromatic rings. The van der Waals surface area contributed by atoms with E-state index >= 15 is 0 Å². The predicted molar refractivity (Wildman–Crippen MR) is 73.4 cm³/mol. The van der Waals surface area contributed by atoms with Crippen LogP contribution < -0.4 is 0 Å². The fourth-order valence-electron chi connectivity index (χ4n) is 3.89. The van der Waals surface area contributed by atoms with E-state index in [4.69, 9.17) is 14.2 Å². The number of carbonyl (C=O) groups is 1. The molecule has 0 saturated heterocycles. The average Bonchev–Trinajstić information content (AvgIpc) is 2.24. The second-order valence-corrected chi connectivity index (χ2v) is 7.43. The quantitative estimate of drug-likeness (QED) is 0.638. The van der Waals surface area contributed by atoms with Crippen LogP contribution in [0.15, 0.2) is 11.5 Å². The minimum absolute atomic E-state index is 0.195. The Balaban J connectivity index is 2.04. The van der Waals surface area contributed by atoms with Crippen LogP contribution in [-0.4, -0.2) is 17.4 Å². The minimum Gasteiger partial charge on any atom is -0.459 e. The van der Waals surface area contributed by atoms with Crippen molar-refractivity contribution in [1.82, 2.24) is 0 Å². The number of ether oxygens (including phenoxy) is 3. The molecule has 0 N–H and O–H groups in total. The van der Waals surface area contributed by atoms with Crippen molar-refractivity contribution in [2.45, 2.75) is 65.3 Å². The van der Waals surface area contributed by atoms with E-state index in [1.165, 1.54) is 6.42 Å². The highest BCUT2D eigenvalue weighted by Gasteiger charge is 2.53. The molecular formula is C16H24O4. The highest BCUT2D eigenvalue weighted by atomic mass is 16.8. The van der Waals surface area contributed by atoms with Gasteiger partial charge in [-0.05, 0) is 32.6 Å². The molecule has 20 heavy (non-hydrogen) atoms. The summed E-state index contributed by atoms with van der Waals surface area (Å²) >= 11 is 0. The van der Waals surface area contributed by atoms with Gasteiger partial charge in [0.1, 0.15) is 11.2 Å². The third kappa shape index (κ3) is 2.09. The molecule has 0 bridgehead atoms. The first kappa shape index (κ1) is 13.8. The molecule has 1 fully saturated rings. The van der Waals surface area contributed by atoms with Crippen molar-refractivity contribution < 1.29 is 19.0 Å². The minimum atomic E-state index is -0.945. The van der Waals surface area contributed by atoms with Crippen LogP contribution in [0.1, 0.15) is 53.9 Å². The van der Waals surface area contributed by atoms with Crippen molar-refractivity contribution in [3.8, 4) is 0 Å². The van der Waals surface area contributed by atoms with Gasteiger partial charge in [0, 0.05) is 25.7 Å². The number of fused-ring (bicyclic) bond motifs is 2. The first-order valence-corrected chi connectivity index (χ1v) is 7.55. The fourth-order valence-corrected chi connectivity index (χ4v) is 3.89. The summed E-state index contributed by atoms with van der Waals surface area (Å²) in [6.45, 7) is 9.92. The second-order valence-electron chi connectivity index (χ2n) is 7.43. The van der Waals surface area contributed by atoms with Crippen molar-refractivity contribution in [3.05, 3.63) is 11.5 Å². The van der Waals surface area contributed by atoms with Gasteiger partial charge in [0.05, 0.1) is 0 Å². The molecule has 0 spiro atoms. The number of hydrogen-bond donors (Lipinski definition) is 0. The maximum absolute atomic E-state index is 12.4. The van der Waals surface area contributed by atoms with Gasteiger partial charge in [-0.2, -0.15) is 0 Å². The molecule has 3 rings (SSSR count). The van der Waals surface area contributed by atoms with Crippen molar-refractivity contribution in [2.24, 2.45) is 17.8 Å². The maximum Gasteiger partial charge on any atom is 0.344 e. The van der Waals surface area contributed by atoms with Crippen molar-refractivity contribution in [2.75, 3.05) is 0 Å². The first-order valence-electron chi connectivity index (χ1n) is 7.55. The van der Waals surface area contributed by atoms with E-state index in [0.29, 0.717) is 23.4 Å². The van der Waals surface area contributed by atoms with Crippen LogP contribution in [0.5, 0.6) is 0 Å². The molecule has 4 nitrogen and oxygen atoms in total. The molecule has 0 aromatic carbocycles. The van der Waals surface area contributed by atoms with E-state index in [9.17, 15) is 4.79 Å². The van der Waals surface area contributed by atoms with Crippen LogP contribution >= 0.6 is 0 Å². The van der Waals surface area contributed by atoms with E-state index in [1.807, 2.05) is 0 Å². The Bertz CT molecular complexity index is 475. The summed E-state index contributed by atoms with van der Waals surface area (Å²) in [5, 5.41) is 0. The highest BCUT2D eigenvalue weighted by Crippen LogP contribution is 2.51. The lowest BCUT2D eigenvalue weighted by Gasteiger charge is -2.50. The van der Waals surface area contributed by atoms with E-state index in [2.05, 4.69) is 20.8 Å². The Kier molecular flexibility index (Phi) is 2.86. The summed E-state index contributed by atoms with van der Waals surface area (Å²) < 4.78 is 17.2. The lowest BCUT2D eigenvalue weighted by atomic mass is 9.64. The van der Waals surface area contributed by atoms with E-state index in [-0.39, 0.29) is 17.5 Å². The van der Waals surface area contributed by atoms with E-state index in [0.717, 1.165) is 12.8 Å². The van der Waals surface area contributed by atoms with E-state index in [1.54, 1.807) is 13.8 Å². The number of cyclic esters (lactones) is 1. The largest absolute Gasteiger partial charge is 0.459 e. The summed E-state index contributed by atoms with van der Waals surface area (Å²) in [4.78, 5) is 12.4. The summed E-state index contributed by atoms with van der Waals surface area (Å²) in [6, 6.07) is 0. The second kappa shape index (κ2) is 4.15. The van der Waals surface area contributed by atoms with Gasteiger partial charge in [0.2, 0.25) is 0 Å². The zero-order chi connectivity index (χ0) is 14.7. The molecule has 0 unspecified atom stereocenters. The summed E-state index contributed by atoms with van der Waals surface area (Å²) in [6.07, 6.45) is 3.29. The predicted octanol–water partition coefficient (Wildman–Crippen LogP) is 3.37. The Morgan fingerprint density at radius 3 is 2.45 bits per heavy atom. The molecule has 1 saturated carbocycles. The van der Waals surface area contributed by atoms with Gasteiger partial charge in [0.25, 0.3) is 11.7 Å². The Morgan fingerprint density at radius 2 is 1.75 bits per heavy atom. The number of rotatable bonds is 0. The first-order chi connectivity index (χ1) is 9.20. The van der Waals surface area contributed by atoms with Crippen LogP contribution in [-0.2, 0) is 19.0 Å². The highest BCUT2D eigenvalue weighted by molar-refractivity contribution is 5.90. The zero-order valence-electron chi connectivity index (χ0n) is 13.0. The zero-order valence-corrected chi connectivity index (χ0v) is 13.0. The standard InChI is InChI=1S/C16H24O4/c1-9-6-7-11-10(8-9)12-13(17)18-16(4,5)20-14(12)19-15(11,2)3/h9-11H,6-8H2,1-5H3/t9-,10-,11-/m1/s1. The van der Waals surface area contributed by atoms with Crippen molar-refractivity contribution in [3.63, 3.8) is 0 Å². The van der Waals surface area contributed by atoms with Gasteiger partial charge in [-0.15, -0.1) is 0 Å². The Labute approximate surface area is 120 Å². The summed E-state index contributed by atoms with van der Waals surface area (Å²) in [7, 11) is 0. The van der Waals surface area contributed by atoms with Crippen molar-refractivity contribution in [1.29, 1.82) is 0 Å². The lowest BCUT2D eigenvalue weighted by molar-refractivity contribution is -0.252. The molecule has 2 heterocycles. The SMILES string of the molecule is C[C@@H]1CC[C@@H]2[C@@H](C1)C1=C(OC(C)(C)OC1=O)OC2(C)C. The molecule has 1 aliphatic carbocycles.